The standard InChI is InChI=1S/C32H31F2N7O2/c1-4-24(42)39-14-32(15-39)16-40(17-32)29-20-13-22(34)27-25-21(33)8-5-9-23(25)35-11-6-7-19-10-12-36-26(18(2)3)28(19)41(30(20)37-27)31(43)38-29/h4-5,8-10,12-13,18,35H,1,6-7,11,14-17H2,2-3H3. The molecule has 2 saturated heterocycles. The van der Waals surface area contributed by atoms with E-state index in [1.807, 2.05) is 24.8 Å². The second-order valence-corrected chi connectivity index (χ2v) is 12.0. The molecule has 1 aromatic carbocycles. The monoisotopic (exact) mass is 583 g/mol. The van der Waals surface area contributed by atoms with Gasteiger partial charge >= 0.3 is 5.69 Å². The first-order chi connectivity index (χ1) is 20.7. The van der Waals surface area contributed by atoms with Gasteiger partial charge in [0.25, 0.3) is 0 Å². The molecule has 220 valence electrons. The van der Waals surface area contributed by atoms with Gasteiger partial charge in [-0.05, 0) is 54.7 Å². The molecule has 0 radical (unpaired) electrons. The van der Waals surface area contributed by atoms with Gasteiger partial charge in [0.1, 0.15) is 17.3 Å². The summed E-state index contributed by atoms with van der Waals surface area (Å²) in [6.45, 7) is 10.3. The van der Waals surface area contributed by atoms with Gasteiger partial charge in [0, 0.05) is 50.0 Å². The molecule has 1 N–H and O–H groups in total. The molecule has 0 unspecified atom stereocenters. The van der Waals surface area contributed by atoms with Gasteiger partial charge in [-0.25, -0.2) is 23.1 Å². The van der Waals surface area contributed by atoms with E-state index in [-0.39, 0.29) is 34.1 Å². The van der Waals surface area contributed by atoms with Crippen LogP contribution in [0.15, 0.2) is 54.0 Å². The van der Waals surface area contributed by atoms with E-state index in [4.69, 9.17) is 4.98 Å². The molecule has 2 bridgehead atoms. The summed E-state index contributed by atoms with van der Waals surface area (Å²) in [5, 5.41) is 3.61. The van der Waals surface area contributed by atoms with Crippen molar-refractivity contribution in [1.82, 2.24) is 24.4 Å². The van der Waals surface area contributed by atoms with E-state index >= 15 is 8.78 Å². The van der Waals surface area contributed by atoms with Crippen LogP contribution in [0.1, 0.15) is 37.4 Å². The number of amides is 1. The smallest absolute Gasteiger partial charge is 0.355 e. The fourth-order valence-electron chi connectivity index (χ4n) is 6.69. The SMILES string of the molecule is C=CC(=O)N1CC2(C1)CN(c1nc(=O)n3c4nc(c(F)cc14)-c1c(F)cccc1NCCCc1ccnc(C(C)C)c1-3)C2. The summed E-state index contributed by atoms with van der Waals surface area (Å²) in [5.41, 5.74) is 1.96. The fraction of sp³-hybridized carbons (Fsp3) is 0.344. The molecule has 1 amide bonds. The Morgan fingerprint density at radius 2 is 1.91 bits per heavy atom. The number of aryl methyl sites for hydroxylation is 1. The van der Waals surface area contributed by atoms with Crippen molar-refractivity contribution in [3.8, 4) is 16.9 Å². The Balaban J connectivity index is 1.46. The van der Waals surface area contributed by atoms with Crippen LogP contribution in [0.25, 0.3) is 28.0 Å². The van der Waals surface area contributed by atoms with Crippen LogP contribution in [0.2, 0.25) is 0 Å². The lowest BCUT2D eigenvalue weighted by atomic mass is 9.72. The summed E-state index contributed by atoms with van der Waals surface area (Å²) in [4.78, 5) is 43.6. The third kappa shape index (κ3) is 4.28. The molecule has 3 aliphatic heterocycles. The molecular weight excluding hydrogens is 552 g/mol. The highest BCUT2D eigenvalue weighted by Gasteiger charge is 2.53. The molecule has 9 nitrogen and oxygen atoms in total. The number of halogens is 2. The molecule has 2 fully saturated rings. The molecule has 6 heterocycles. The number of rotatable bonds is 3. The van der Waals surface area contributed by atoms with Gasteiger partial charge in [0.05, 0.1) is 22.3 Å². The minimum atomic E-state index is -0.719. The first-order valence-corrected chi connectivity index (χ1v) is 14.5. The van der Waals surface area contributed by atoms with Gasteiger partial charge in [-0.1, -0.05) is 26.5 Å². The average molecular weight is 584 g/mol. The van der Waals surface area contributed by atoms with Crippen molar-refractivity contribution in [3.05, 3.63) is 82.6 Å². The third-order valence-corrected chi connectivity index (χ3v) is 8.69. The molecule has 1 spiro atoms. The maximum atomic E-state index is 16.1. The summed E-state index contributed by atoms with van der Waals surface area (Å²) in [7, 11) is 0. The van der Waals surface area contributed by atoms with Crippen molar-refractivity contribution in [2.45, 2.75) is 32.6 Å². The molecule has 3 aliphatic rings. The molecule has 0 saturated carbocycles. The lowest BCUT2D eigenvalue weighted by Gasteiger charge is -2.60. The summed E-state index contributed by atoms with van der Waals surface area (Å²) in [5.74, 6) is -1.16. The molecule has 3 aromatic heterocycles. The topological polar surface area (TPSA) is 96.3 Å². The first kappa shape index (κ1) is 27.2. The van der Waals surface area contributed by atoms with Gasteiger partial charge in [0.2, 0.25) is 5.91 Å². The molecule has 4 aromatic rings. The van der Waals surface area contributed by atoms with Crippen LogP contribution in [0, 0.1) is 17.0 Å². The molecule has 11 heteroatoms. The summed E-state index contributed by atoms with van der Waals surface area (Å²) in [6.07, 6.45) is 4.34. The van der Waals surface area contributed by atoms with E-state index in [0.717, 1.165) is 5.56 Å². The van der Waals surface area contributed by atoms with Gasteiger partial charge in [-0.2, -0.15) is 4.98 Å². The minimum Gasteiger partial charge on any atom is -0.384 e. The number of carbonyl (C=O) groups is 1. The summed E-state index contributed by atoms with van der Waals surface area (Å²) < 4.78 is 32.9. The van der Waals surface area contributed by atoms with Crippen LogP contribution in [-0.4, -0.2) is 63.0 Å². The number of pyridine rings is 2. The van der Waals surface area contributed by atoms with E-state index in [9.17, 15) is 9.59 Å². The van der Waals surface area contributed by atoms with E-state index in [1.54, 1.807) is 23.2 Å². The van der Waals surface area contributed by atoms with Crippen molar-refractivity contribution in [1.29, 1.82) is 0 Å². The lowest BCUT2D eigenvalue weighted by Crippen LogP contribution is -2.73. The maximum Gasteiger partial charge on any atom is 0.355 e. The van der Waals surface area contributed by atoms with Gasteiger partial charge in [-0.3, -0.25) is 9.78 Å². The molecular formula is C32H31F2N7O2. The predicted molar refractivity (Wildman–Crippen MR) is 161 cm³/mol. The number of likely N-dealkylation sites (tertiary alicyclic amines) is 1. The van der Waals surface area contributed by atoms with E-state index in [0.29, 0.717) is 73.8 Å². The minimum absolute atomic E-state index is 0.0136. The fourth-order valence-corrected chi connectivity index (χ4v) is 6.69. The summed E-state index contributed by atoms with van der Waals surface area (Å²) in [6, 6.07) is 7.75. The highest BCUT2D eigenvalue weighted by molar-refractivity contribution is 5.92. The van der Waals surface area contributed by atoms with Gasteiger partial charge in [-0.15, -0.1) is 0 Å². The van der Waals surface area contributed by atoms with Crippen molar-refractivity contribution < 1.29 is 13.6 Å². The zero-order valence-electron chi connectivity index (χ0n) is 24.0. The largest absolute Gasteiger partial charge is 0.384 e. The number of carbonyl (C=O) groups excluding carboxylic acids is 1. The first-order valence-electron chi connectivity index (χ1n) is 14.5. The number of anilines is 2. The normalized spacial score (nSPS) is 17.0. The number of benzene rings is 1. The second kappa shape index (κ2) is 9.96. The van der Waals surface area contributed by atoms with Gasteiger partial charge < -0.3 is 15.1 Å². The maximum absolute atomic E-state index is 16.1. The van der Waals surface area contributed by atoms with Crippen LogP contribution < -0.4 is 15.9 Å². The Hall–Kier alpha value is -4.67. The Bertz CT molecular complexity index is 1870. The van der Waals surface area contributed by atoms with Crippen molar-refractivity contribution in [2.24, 2.45) is 5.41 Å². The van der Waals surface area contributed by atoms with Crippen LogP contribution in [-0.2, 0) is 11.2 Å². The Morgan fingerprint density at radius 3 is 2.65 bits per heavy atom. The van der Waals surface area contributed by atoms with Crippen LogP contribution >= 0.6 is 0 Å². The quantitative estimate of drug-likeness (QED) is 0.357. The van der Waals surface area contributed by atoms with Crippen molar-refractivity contribution >= 4 is 28.4 Å². The molecule has 0 aliphatic carbocycles. The number of nitrogens with one attached hydrogen (secondary N) is 1. The lowest BCUT2D eigenvalue weighted by molar-refractivity contribution is -0.139. The van der Waals surface area contributed by atoms with Crippen LogP contribution in [0.4, 0.5) is 20.3 Å². The van der Waals surface area contributed by atoms with Crippen molar-refractivity contribution in [2.75, 3.05) is 42.9 Å². The molecule has 7 rings (SSSR count). The highest BCUT2D eigenvalue weighted by Crippen LogP contribution is 2.44. The van der Waals surface area contributed by atoms with Gasteiger partial charge in [0.15, 0.2) is 11.5 Å². The van der Waals surface area contributed by atoms with E-state index in [1.165, 1.54) is 22.8 Å². The highest BCUT2D eigenvalue weighted by atomic mass is 19.1. The number of fused-ring (bicyclic) bond motifs is 5. The van der Waals surface area contributed by atoms with Crippen molar-refractivity contribution in [3.63, 3.8) is 0 Å². The zero-order chi connectivity index (χ0) is 30.0. The number of aromatic nitrogens is 4. The third-order valence-electron chi connectivity index (χ3n) is 8.69. The van der Waals surface area contributed by atoms with Crippen LogP contribution in [0.3, 0.4) is 0 Å². The summed E-state index contributed by atoms with van der Waals surface area (Å²) >= 11 is 0. The average Bonchev–Trinajstić information content (AvgIpc) is 2.93. The Labute approximate surface area is 246 Å². The molecule has 43 heavy (non-hydrogen) atoms. The number of hydrogen-bond donors (Lipinski definition) is 1. The second-order valence-electron chi connectivity index (χ2n) is 12.0. The number of hydrogen-bond acceptors (Lipinski definition) is 7. The number of nitrogens with zero attached hydrogens (tertiary/aromatic N) is 6. The zero-order valence-corrected chi connectivity index (χ0v) is 24.0. The predicted octanol–water partition coefficient (Wildman–Crippen LogP) is 4.44. The Kier molecular flexibility index (Phi) is 6.30. The Morgan fingerprint density at radius 1 is 1.12 bits per heavy atom. The van der Waals surface area contributed by atoms with E-state index < -0.39 is 17.3 Å². The van der Waals surface area contributed by atoms with E-state index in [2.05, 4.69) is 21.9 Å². The van der Waals surface area contributed by atoms with Crippen LogP contribution in [0.5, 0.6) is 0 Å². The molecule has 0 atom stereocenters.